The van der Waals surface area contributed by atoms with Gasteiger partial charge in [-0.25, -0.2) is 0 Å². The maximum atomic E-state index is 12.1. The van der Waals surface area contributed by atoms with Crippen LogP contribution >= 0.6 is 0 Å². The molecule has 0 aromatic heterocycles. The Bertz CT molecular complexity index is 424. The Morgan fingerprint density at radius 1 is 1.00 bits per heavy atom. The Morgan fingerprint density at radius 3 is 2.29 bits per heavy atom. The summed E-state index contributed by atoms with van der Waals surface area (Å²) in [7, 11) is 0. The van der Waals surface area contributed by atoms with Crippen molar-refractivity contribution in [2.45, 2.75) is 50.7 Å². The van der Waals surface area contributed by atoms with E-state index in [1.165, 1.54) is 0 Å². The molecule has 7 heteroatoms. The van der Waals surface area contributed by atoms with E-state index >= 15 is 0 Å². The van der Waals surface area contributed by atoms with E-state index in [0.717, 1.165) is 12.8 Å². The number of nitrogens with one attached hydrogen (secondary N) is 1. The van der Waals surface area contributed by atoms with Gasteiger partial charge in [0.1, 0.15) is 0 Å². The third-order valence-corrected chi connectivity index (χ3v) is 4.23. The molecule has 2 aliphatic heterocycles. The lowest BCUT2D eigenvalue weighted by Crippen LogP contribution is -2.44. The predicted molar refractivity (Wildman–Crippen MR) is 71.6 cm³/mol. The minimum atomic E-state index is -0.969. The van der Waals surface area contributed by atoms with Crippen molar-refractivity contribution >= 4 is 17.8 Å². The number of hydrogen-bond acceptors (Lipinski definition) is 4. The number of ether oxygens (including phenoxy) is 1. The van der Waals surface area contributed by atoms with Crippen molar-refractivity contribution in [2.75, 3.05) is 6.54 Å². The third-order valence-electron chi connectivity index (χ3n) is 4.23. The van der Waals surface area contributed by atoms with E-state index < -0.39 is 23.8 Å². The molecule has 2 bridgehead atoms. The van der Waals surface area contributed by atoms with Crippen LogP contribution in [-0.2, 0) is 19.1 Å². The average Bonchev–Trinajstić information content (AvgIpc) is 3.02. The van der Waals surface area contributed by atoms with Crippen LogP contribution in [0.15, 0.2) is 0 Å². The van der Waals surface area contributed by atoms with Gasteiger partial charge in [-0.15, -0.1) is 0 Å². The predicted octanol–water partition coefficient (Wildman–Crippen LogP) is 0.626. The Labute approximate surface area is 122 Å². The largest absolute Gasteiger partial charge is 0.481 e. The van der Waals surface area contributed by atoms with E-state index in [1.807, 2.05) is 0 Å². The topological polar surface area (TPSA) is 113 Å². The summed E-state index contributed by atoms with van der Waals surface area (Å²) in [5, 5.41) is 20.5. The van der Waals surface area contributed by atoms with Crippen molar-refractivity contribution in [3.05, 3.63) is 0 Å². The summed E-state index contributed by atoms with van der Waals surface area (Å²) in [5.41, 5.74) is 0. The van der Waals surface area contributed by atoms with Crippen molar-refractivity contribution in [1.82, 2.24) is 5.32 Å². The van der Waals surface area contributed by atoms with Crippen LogP contribution in [0.1, 0.15) is 38.5 Å². The van der Waals surface area contributed by atoms with Crippen LogP contribution in [0.3, 0.4) is 0 Å². The average molecular weight is 299 g/mol. The summed E-state index contributed by atoms with van der Waals surface area (Å²) < 4.78 is 5.54. The molecule has 7 nitrogen and oxygen atoms in total. The van der Waals surface area contributed by atoms with Gasteiger partial charge in [0, 0.05) is 13.0 Å². The fourth-order valence-corrected chi connectivity index (χ4v) is 3.23. The molecule has 0 aromatic rings. The van der Waals surface area contributed by atoms with Gasteiger partial charge in [-0.2, -0.15) is 0 Å². The van der Waals surface area contributed by atoms with E-state index in [4.69, 9.17) is 9.84 Å². The van der Waals surface area contributed by atoms with Crippen LogP contribution in [0.5, 0.6) is 0 Å². The van der Waals surface area contributed by atoms with Crippen LogP contribution in [0.25, 0.3) is 0 Å². The number of aliphatic carboxylic acids is 2. The van der Waals surface area contributed by atoms with Gasteiger partial charge >= 0.3 is 11.9 Å². The first-order chi connectivity index (χ1) is 10.0. The molecule has 2 fully saturated rings. The normalized spacial score (nSPS) is 30.3. The first-order valence-electron chi connectivity index (χ1n) is 7.38. The molecule has 118 valence electrons. The van der Waals surface area contributed by atoms with E-state index in [-0.39, 0.29) is 24.5 Å². The second kappa shape index (κ2) is 6.89. The number of carboxylic acids is 2. The number of rotatable bonds is 8. The summed E-state index contributed by atoms with van der Waals surface area (Å²) in [6.45, 7) is 0.443. The standard InChI is InChI=1S/C14H21NO6/c16-10(17)4-2-1-3-7-15-13(18)11-8-5-6-9(21-8)12(11)14(19)20/h8-9,11-12H,1-7H2,(H,15,18)(H,16,17)(H,19,20)/t8-,9+,11?,12?/m1/s1. The number of carbonyl (C=O) groups is 3. The molecular weight excluding hydrogens is 278 g/mol. The van der Waals surface area contributed by atoms with Crippen LogP contribution in [0.4, 0.5) is 0 Å². The van der Waals surface area contributed by atoms with Gasteiger partial charge in [-0.3, -0.25) is 14.4 Å². The number of carbonyl (C=O) groups excluding carboxylic acids is 1. The van der Waals surface area contributed by atoms with Crippen molar-refractivity contribution in [1.29, 1.82) is 0 Å². The molecule has 0 aliphatic carbocycles. The summed E-state index contributed by atoms with van der Waals surface area (Å²) in [6, 6.07) is 0. The molecule has 0 saturated carbocycles. The minimum absolute atomic E-state index is 0.134. The number of carboxylic acid groups (broad SMARTS) is 2. The highest BCUT2D eigenvalue weighted by Crippen LogP contribution is 2.43. The Hall–Kier alpha value is -1.63. The molecule has 2 heterocycles. The Balaban J connectivity index is 1.73. The lowest BCUT2D eigenvalue weighted by molar-refractivity contribution is -0.147. The molecule has 2 rings (SSSR count). The second-order valence-electron chi connectivity index (χ2n) is 5.68. The highest BCUT2D eigenvalue weighted by atomic mass is 16.5. The van der Waals surface area contributed by atoms with Gasteiger partial charge in [0.15, 0.2) is 0 Å². The molecule has 2 saturated heterocycles. The van der Waals surface area contributed by atoms with E-state index in [0.29, 0.717) is 25.8 Å². The fourth-order valence-electron chi connectivity index (χ4n) is 3.23. The molecule has 0 aromatic carbocycles. The van der Waals surface area contributed by atoms with Gasteiger partial charge in [0.25, 0.3) is 0 Å². The van der Waals surface area contributed by atoms with Crippen molar-refractivity contribution in [2.24, 2.45) is 11.8 Å². The maximum absolute atomic E-state index is 12.1. The number of hydrogen-bond donors (Lipinski definition) is 3. The van der Waals surface area contributed by atoms with E-state index in [9.17, 15) is 19.5 Å². The van der Waals surface area contributed by atoms with Gasteiger partial charge in [0.2, 0.25) is 5.91 Å². The number of unbranched alkanes of at least 4 members (excludes halogenated alkanes) is 2. The minimum Gasteiger partial charge on any atom is -0.481 e. The molecule has 0 radical (unpaired) electrons. The molecule has 2 unspecified atom stereocenters. The van der Waals surface area contributed by atoms with Gasteiger partial charge in [-0.05, 0) is 25.7 Å². The van der Waals surface area contributed by atoms with Crippen molar-refractivity contribution < 1.29 is 29.3 Å². The van der Waals surface area contributed by atoms with Gasteiger partial charge < -0.3 is 20.3 Å². The van der Waals surface area contributed by atoms with Crippen molar-refractivity contribution in [3.8, 4) is 0 Å². The Kier molecular flexibility index (Phi) is 5.17. The van der Waals surface area contributed by atoms with Crippen LogP contribution in [-0.4, -0.2) is 46.8 Å². The lowest BCUT2D eigenvalue weighted by atomic mass is 9.78. The zero-order valence-corrected chi connectivity index (χ0v) is 11.8. The van der Waals surface area contributed by atoms with Gasteiger partial charge in [-0.1, -0.05) is 6.42 Å². The molecule has 2 aliphatic rings. The molecule has 1 amide bonds. The third kappa shape index (κ3) is 3.72. The van der Waals surface area contributed by atoms with Crippen LogP contribution in [0, 0.1) is 11.8 Å². The number of amides is 1. The summed E-state index contributed by atoms with van der Waals surface area (Å²) in [5.74, 6) is -3.38. The molecular formula is C14H21NO6. The zero-order chi connectivity index (χ0) is 15.4. The monoisotopic (exact) mass is 299 g/mol. The summed E-state index contributed by atoms with van der Waals surface area (Å²) in [4.78, 5) is 33.8. The van der Waals surface area contributed by atoms with Crippen LogP contribution in [0.2, 0.25) is 0 Å². The molecule has 3 N–H and O–H groups in total. The SMILES string of the molecule is O=C(O)CCCCCNC(=O)C1C(C(=O)O)[C@@H]2CC[C@H]1O2. The summed E-state index contributed by atoms with van der Waals surface area (Å²) in [6.07, 6.45) is 2.98. The molecule has 4 atom stereocenters. The quantitative estimate of drug-likeness (QED) is 0.566. The smallest absolute Gasteiger partial charge is 0.310 e. The summed E-state index contributed by atoms with van der Waals surface area (Å²) >= 11 is 0. The fraction of sp³-hybridized carbons (Fsp3) is 0.786. The van der Waals surface area contributed by atoms with Crippen LogP contribution < -0.4 is 5.32 Å². The lowest BCUT2D eigenvalue weighted by Gasteiger charge is -2.23. The second-order valence-corrected chi connectivity index (χ2v) is 5.68. The molecule has 0 spiro atoms. The number of fused-ring (bicyclic) bond motifs is 2. The highest BCUT2D eigenvalue weighted by Gasteiger charge is 2.55. The first kappa shape index (κ1) is 15.8. The van der Waals surface area contributed by atoms with Crippen molar-refractivity contribution in [3.63, 3.8) is 0 Å². The van der Waals surface area contributed by atoms with E-state index in [1.54, 1.807) is 0 Å². The van der Waals surface area contributed by atoms with E-state index in [2.05, 4.69) is 5.32 Å². The maximum Gasteiger partial charge on any atom is 0.310 e. The van der Waals surface area contributed by atoms with Gasteiger partial charge in [0.05, 0.1) is 24.0 Å². The zero-order valence-electron chi connectivity index (χ0n) is 11.8. The first-order valence-corrected chi connectivity index (χ1v) is 7.38. The molecule has 21 heavy (non-hydrogen) atoms. The Morgan fingerprint density at radius 2 is 1.67 bits per heavy atom. The highest BCUT2D eigenvalue weighted by molar-refractivity contribution is 5.86.